The van der Waals surface area contributed by atoms with Crippen molar-refractivity contribution in [1.82, 2.24) is 0 Å². The van der Waals surface area contributed by atoms with Gasteiger partial charge in [0.1, 0.15) is 0 Å². The van der Waals surface area contributed by atoms with Crippen LogP contribution in [-0.4, -0.2) is 0 Å². The largest absolute Gasteiger partial charge is 0.166 e. The molecule has 5 atom stereocenters. The van der Waals surface area contributed by atoms with Crippen LogP contribution in [0.25, 0.3) is 0 Å². The Hall–Kier alpha value is -1.99. The van der Waals surface area contributed by atoms with Crippen molar-refractivity contribution in [3.63, 3.8) is 0 Å². The predicted octanol–water partition coefficient (Wildman–Crippen LogP) is 7.32. The fraction of sp³-hybridized carbons (Fsp3) is 0.357. The highest BCUT2D eigenvalue weighted by molar-refractivity contribution is 7.97. The number of hydrogen-bond acceptors (Lipinski definition) is 0. The Balaban J connectivity index is 1.31. The second-order valence-electron chi connectivity index (χ2n) is 9.26. The van der Waals surface area contributed by atoms with Crippen molar-refractivity contribution in [2.45, 2.75) is 52.7 Å². The second kappa shape index (κ2) is 7.36. The lowest BCUT2D eigenvalue weighted by Gasteiger charge is -2.31. The molecule has 0 aromatic heterocycles. The van der Waals surface area contributed by atoms with E-state index in [2.05, 4.69) is 84.9 Å². The van der Waals surface area contributed by atoms with Crippen LogP contribution in [0.3, 0.4) is 0 Å². The minimum absolute atomic E-state index is 0.0305. The molecule has 5 unspecified atom stereocenters. The van der Waals surface area contributed by atoms with Gasteiger partial charge >= 0.3 is 0 Å². The Morgan fingerprint density at radius 2 is 1.14 bits per heavy atom. The molecule has 0 nitrogen and oxygen atoms in total. The third-order valence-electron chi connectivity index (χ3n) is 7.93. The molecule has 146 valence electrons. The van der Waals surface area contributed by atoms with E-state index in [1.165, 1.54) is 46.8 Å². The van der Waals surface area contributed by atoms with Crippen LogP contribution in [0.4, 0.5) is 0 Å². The molecule has 3 aliphatic rings. The summed E-state index contributed by atoms with van der Waals surface area (Å²) in [5.41, 5.74) is 1.61. The summed E-state index contributed by atoms with van der Waals surface area (Å²) in [6.07, 6.45) is 7.49. The van der Waals surface area contributed by atoms with E-state index in [-0.39, 0.29) is 10.9 Å². The Bertz CT molecular complexity index is 923. The van der Waals surface area contributed by atoms with Gasteiger partial charge in [-0.25, -0.2) is 0 Å². The van der Waals surface area contributed by atoms with Crippen molar-refractivity contribution in [2.75, 3.05) is 0 Å². The van der Waals surface area contributed by atoms with Gasteiger partial charge < -0.3 is 0 Å². The Labute approximate surface area is 177 Å². The highest BCUT2D eigenvalue weighted by atomic mass is 32.2. The maximum absolute atomic E-state index is 2.47. The molecule has 0 saturated heterocycles. The molecule has 3 fully saturated rings. The second-order valence-corrected chi connectivity index (χ2v) is 11.3. The van der Waals surface area contributed by atoms with Gasteiger partial charge in [-0.05, 0) is 97.2 Å². The first-order valence-electron chi connectivity index (χ1n) is 11.3. The summed E-state index contributed by atoms with van der Waals surface area (Å²) in [5, 5.41) is 0. The Morgan fingerprint density at radius 3 is 1.79 bits per heavy atom. The van der Waals surface area contributed by atoms with E-state index >= 15 is 0 Å². The molecule has 0 spiro atoms. The van der Waals surface area contributed by atoms with Crippen LogP contribution < -0.4 is 0 Å². The van der Waals surface area contributed by atoms with E-state index < -0.39 is 0 Å². The van der Waals surface area contributed by atoms with Crippen molar-refractivity contribution in [1.29, 1.82) is 0 Å². The number of benzene rings is 3. The summed E-state index contributed by atoms with van der Waals surface area (Å²) in [7, 11) is -0.0305. The molecule has 0 radical (unpaired) electrons. The minimum atomic E-state index is -0.0305. The molecule has 3 saturated carbocycles. The van der Waals surface area contributed by atoms with Gasteiger partial charge in [-0.1, -0.05) is 55.0 Å². The van der Waals surface area contributed by atoms with Crippen molar-refractivity contribution < 1.29 is 0 Å². The van der Waals surface area contributed by atoms with E-state index in [9.17, 15) is 0 Å². The fourth-order valence-electron chi connectivity index (χ4n) is 6.82. The molecule has 1 heteroatoms. The third kappa shape index (κ3) is 3.06. The van der Waals surface area contributed by atoms with E-state index in [4.69, 9.17) is 0 Å². The number of fused-ring (bicyclic) bond motifs is 5. The van der Waals surface area contributed by atoms with Crippen LogP contribution in [0.2, 0.25) is 0 Å². The van der Waals surface area contributed by atoms with Crippen molar-refractivity contribution >= 4 is 10.9 Å². The van der Waals surface area contributed by atoms with Crippen LogP contribution >= 0.6 is 0 Å². The molecule has 0 amide bonds. The molecule has 6 rings (SSSR count). The van der Waals surface area contributed by atoms with Crippen molar-refractivity contribution in [3.05, 3.63) is 90.5 Å². The first-order chi connectivity index (χ1) is 14.4. The zero-order valence-corrected chi connectivity index (χ0v) is 17.7. The molecule has 0 aliphatic heterocycles. The van der Waals surface area contributed by atoms with Crippen LogP contribution in [0.5, 0.6) is 0 Å². The van der Waals surface area contributed by atoms with Gasteiger partial charge in [-0.15, -0.1) is 0 Å². The lowest BCUT2D eigenvalue weighted by molar-refractivity contribution is 0.232. The lowest BCUT2D eigenvalue weighted by Crippen LogP contribution is -2.23. The zero-order valence-electron chi connectivity index (χ0n) is 16.9. The standard InChI is InChI=1S/C28H29S/c1-3-8-22(9-4-1)29(23-10-5-2-6-11-23)24-16-14-20(15-17-24)27-18-21-19-28(27)26-13-7-12-25(21)26/h1-6,8-11,14-17,21,25-28H,7,12-13,18-19H2/q+1. The van der Waals surface area contributed by atoms with E-state index in [1.807, 2.05) is 0 Å². The zero-order chi connectivity index (χ0) is 19.2. The quantitative estimate of drug-likeness (QED) is 0.405. The highest BCUT2D eigenvalue weighted by Crippen LogP contribution is 2.63. The average Bonchev–Trinajstić information content (AvgIpc) is 3.50. The minimum Gasteiger partial charge on any atom is -0.0619 e. The monoisotopic (exact) mass is 397 g/mol. The number of rotatable bonds is 4. The molecular formula is C28H29S+. The molecule has 0 heterocycles. The lowest BCUT2D eigenvalue weighted by atomic mass is 9.73. The normalized spacial score (nSPS) is 30.0. The summed E-state index contributed by atoms with van der Waals surface area (Å²) in [6, 6.07) is 31.8. The van der Waals surface area contributed by atoms with E-state index in [0.717, 1.165) is 29.6 Å². The van der Waals surface area contributed by atoms with Crippen LogP contribution in [0.15, 0.2) is 99.6 Å². The predicted molar refractivity (Wildman–Crippen MR) is 121 cm³/mol. The maximum atomic E-state index is 2.47. The maximum Gasteiger partial charge on any atom is 0.166 e. The van der Waals surface area contributed by atoms with Crippen LogP contribution in [0.1, 0.15) is 43.6 Å². The van der Waals surface area contributed by atoms with Crippen molar-refractivity contribution in [3.8, 4) is 0 Å². The first-order valence-corrected chi connectivity index (χ1v) is 12.6. The summed E-state index contributed by atoms with van der Waals surface area (Å²) < 4.78 is 0. The van der Waals surface area contributed by atoms with Gasteiger partial charge in [0.15, 0.2) is 14.7 Å². The van der Waals surface area contributed by atoms with E-state index in [0.29, 0.717) is 0 Å². The van der Waals surface area contributed by atoms with Gasteiger partial charge in [0.25, 0.3) is 0 Å². The molecule has 3 aromatic carbocycles. The summed E-state index contributed by atoms with van der Waals surface area (Å²) in [5.74, 6) is 4.95. The molecule has 2 bridgehead atoms. The van der Waals surface area contributed by atoms with Crippen LogP contribution in [-0.2, 0) is 10.9 Å². The summed E-state index contributed by atoms with van der Waals surface area (Å²) in [6.45, 7) is 0. The molecular weight excluding hydrogens is 368 g/mol. The smallest absolute Gasteiger partial charge is 0.0619 e. The molecule has 3 aromatic rings. The van der Waals surface area contributed by atoms with E-state index in [1.54, 1.807) is 5.56 Å². The van der Waals surface area contributed by atoms with Gasteiger partial charge in [0.05, 0.1) is 10.9 Å². The van der Waals surface area contributed by atoms with Gasteiger partial charge in [0.2, 0.25) is 0 Å². The average molecular weight is 398 g/mol. The summed E-state index contributed by atoms with van der Waals surface area (Å²) in [4.78, 5) is 4.24. The molecule has 3 aliphatic carbocycles. The first kappa shape index (κ1) is 17.8. The van der Waals surface area contributed by atoms with Crippen LogP contribution in [0, 0.1) is 23.7 Å². The Morgan fingerprint density at radius 1 is 0.552 bits per heavy atom. The SMILES string of the molecule is c1ccc([S+](c2ccccc2)c2ccc(C3CC4CC3C3CCCC43)cc2)cc1. The highest BCUT2D eigenvalue weighted by Gasteiger charge is 2.53. The topological polar surface area (TPSA) is 0 Å². The number of hydrogen-bond donors (Lipinski definition) is 0. The summed E-state index contributed by atoms with van der Waals surface area (Å²) >= 11 is 0. The van der Waals surface area contributed by atoms with Gasteiger partial charge in [-0.2, -0.15) is 0 Å². The van der Waals surface area contributed by atoms with Gasteiger partial charge in [0, 0.05) is 0 Å². The third-order valence-corrected chi connectivity index (χ3v) is 10.2. The molecule has 29 heavy (non-hydrogen) atoms. The molecule has 0 N–H and O–H groups in total. The Kier molecular flexibility index (Phi) is 4.53. The van der Waals surface area contributed by atoms with Crippen molar-refractivity contribution in [2.24, 2.45) is 23.7 Å². The fourth-order valence-corrected chi connectivity index (χ4v) is 8.91. The van der Waals surface area contributed by atoms with Gasteiger partial charge in [-0.3, -0.25) is 0 Å².